The van der Waals surface area contributed by atoms with Crippen molar-refractivity contribution >= 4 is 0 Å². The summed E-state index contributed by atoms with van der Waals surface area (Å²) in [5.74, 6) is 0. The molecule has 0 saturated heterocycles. The first-order valence-electron chi connectivity index (χ1n) is 5.96. The highest BCUT2D eigenvalue weighted by Gasteiger charge is 2.56. The molecule has 0 aromatic carbocycles. The SMILES string of the molecule is [N-]=[N+]=NCc1ccnc(C(CN=[N+]=[N-])(CN=[N+]=[N-])C(F)(F)F)c1. The zero-order valence-corrected chi connectivity index (χ0v) is 11.5. The molecule has 0 aliphatic carbocycles. The highest BCUT2D eigenvalue weighted by Crippen LogP contribution is 2.41. The number of azide groups is 3. The van der Waals surface area contributed by atoms with Gasteiger partial charge in [-0.1, -0.05) is 15.3 Å². The summed E-state index contributed by atoms with van der Waals surface area (Å²) in [5.41, 5.74) is 22.0. The number of aromatic nitrogens is 1. The Hall–Kier alpha value is -3.13. The minimum Gasteiger partial charge on any atom is -0.260 e. The summed E-state index contributed by atoms with van der Waals surface area (Å²) < 4.78 is 40.8. The zero-order valence-electron chi connectivity index (χ0n) is 11.5. The standard InChI is InChI=1S/C10H9F3N10/c11-10(12,13)9(5-19-22-15,6-20-23-16)8-3-7(1-2-17-8)4-18-21-14/h1-3H,4-6H2. The van der Waals surface area contributed by atoms with E-state index in [1.807, 2.05) is 0 Å². The number of halogens is 3. The molecule has 1 aromatic rings. The fourth-order valence-corrected chi connectivity index (χ4v) is 1.79. The Bertz CT molecular complexity index is 675. The van der Waals surface area contributed by atoms with Gasteiger partial charge in [-0.15, -0.1) is 0 Å². The van der Waals surface area contributed by atoms with Crippen molar-refractivity contribution in [3.8, 4) is 0 Å². The second-order valence-corrected chi connectivity index (χ2v) is 4.30. The minimum absolute atomic E-state index is 0.178. The van der Waals surface area contributed by atoms with E-state index in [0.29, 0.717) is 0 Å². The fourth-order valence-electron chi connectivity index (χ4n) is 1.79. The summed E-state index contributed by atoms with van der Waals surface area (Å²) in [6.07, 6.45) is -3.79. The highest BCUT2D eigenvalue weighted by atomic mass is 19.4. The van der Waals surface area contributed by atoms with Crippen LogP contribution < -0.4 is 0 Å². The number of nitrogens with zero attached hydrogens (tertiary/aromatic N) is 10. The van der Waals surface area contributed by atoms with E-state index in [4.69, 9.17) is 16.6 Å². The van der Waals surface area contributed by atoms with E-state index in [-0.39, 0.29) is 12.1 Å². The van der Waals surface area contributed by atoms with Crippen molar-refractivity contribution in [2.24, 2.45) is 15.3 Å². The molecule has 0 unspecified atom stereocenters. The largest absolute Gasteiger partial charge is 0.400 e. The average Bonchev–Trinajstić information content (AvgIpc) is 2.52. The third-order valence-corrected chi connectivity index (χ3v) is 2.98. The van der Waals surface area contributed by atoms with E-state index in [9.17, 15) is 13.2 Å². The Balaban J connectivity index is 3.50. The van der Waals surface area contributed by atoms with Crippen LogP contribution in [-0.4, -0.2) is 24.2 Å². The van der Waals surface area contributed by atoms with Crippen LogP contribution in [0, 0.1) is 0 Å². The molecule has 120 valence electrons. The lowest BCUT2D eigenvalue weighted by molar-refractivity contribution is -0.186. The molecule has 1 heterocycles. The van der Waals surface area contributed by atoms with Gasteiger partial charge in [0.1, 0.15) is 5.41 Å². The van der Waals surface area contributed by atoms with Crippen LogP contribution in [0.3, 0.4) is 0 Å². The van der Waals surface area contributed by atoms with Crippen LogP contribution in [0.5, 0.6) is 0 Å². The lowest BCUT2D eigenvalue weighted by atomic mass is 9.82. The summed E-state index contributed by atoms with van der Waals surface area (Å²) in [7, 11) is 0. The van der Waals surface area contributed by atoms with E-state index in [1.54, 1.807) is 0 Å². The van der Waals surface area contributed by atoms with Crippen molar-refractivity contribution in [2.45, 2.75) is 18.1 Å². The van der Waals surface area contributed by atoms with E-state index in [1.165, 1.54) is 6.07 Å². The molecular formula is C10H9F3N10. The molecule has 13 heteroatoms. The van der Waals surface area contributed by atoms with Crippen molar-refractivity contribution in [1.82, 2.24) is 4.98 Å². The van der Waals surface area contributed by atoms with Crippen molar-refractivity contribution in [2.75, 3.05) is 13.1 Å². The van der Waals surface area contributed by atoms with Gasteiger partial charge in [-0.2, -0.15) is 13.2 Å². The second kappa shape index (κ2) is 7.76. The van der Waals surface area contributed by atoms with Gasteiger partial charge in [0.25, 0.3) is 0 Å². The number of alkyl halides is 3. The number of rotatable bonds is 7. The lowest BCUT2D eigenvalue weighted by Gasteiger charge is -2.32. The Labute approximate surface area is 126 Å². The van der Waals surface area contributed by atoms with Gasteiger partial charge < -0.3 is 0 Å². The van der Waals surface area contributed by atoms with E-state index < -0.39 is 30.4 Å². The molecule has 10 nitrogen and oxygen atoms in total. The van der Waals surface area contributed by atoms with Gasteiger partial charge in [0, 0.05) is 34.0 Å². The molecular weight excluding hydrogens is 317 g/mol. The number of hydrogen-bond donors (Lipinski definition) is 0. The Morgan fingerprint density at radius 1 is 1.00 bits per heavy atom. The maximum atomic E-state index is 13.6. The molecule has 1 rings (SSSR count). The van der Waals surface area contributed by atoms with Gasteiger partial charge in [-0.05, 0) is 34.3 Å². The highest BCUT2D eigenvalue weighted by molar-refractivity contribution is 5.27. The van der Waals surface area contributed by atoms with Crippen molar-refractivity contribution in [3.63, 3.8) is 0 Å². The van der Waals surface area contributed by atoms with Gasteiger partial charge >= 0.3 is 6.18 Å². The summed E-state index contributed by atoms with van der Waals surface area (Å²) in [6.45, 7) is -2.23. The van der Waals surface area contributed by atoms with Crippen molar-refractivity contribution in [3.05, 3.63) is 60.9 Å². The van der Waals surface area contributed by atoms with Gasteiger partial charge in [-0.25, -0.2) is 0 Å². The average molecular weight is 326 g/mol. The van der Waals surface area contributed by atoms with Crippen LogP contribution in [0.2, 0.25) is 0 Å². The molecule has 23 heavy (non-hydrogen) atoms. The summed E-state index contributed by atoms with van der Waals surface area (Å²) in [5, 5.41) is 9.23. The molecule has 0 amide bonds. The molecule has 0 atom stereocenters. The molecule has 1 aromatic heterocycles. The predicted octanol–water partition coefficient (Wildman–Crippen LogP) is 4.31. The first-order valence-corrected chi connectivity index (χ1v) is 5.96. The molecule has 0 aliphatic heterocycles. The second-order valence-electron chi connectivity index (χ2n) is 4.30. The normalized spacial score (nSPS) is 13.0. The third kappa shape index (κ3) is 4.17. The quantitative estimate of drug-likeness (QED) is 0.408. The van der Waals surface area contributed by atoms with Crippen LogP contribution in [0.1, 0.15) is 11.3 Å². The number of pyridine rings is 1. The van der Waals surface area contributed by atoms with Gasteiger partial charge in [0.2, 0.25) is 0 Å². The zero-order chi connectivity index (χ0) is 17.3. The van der Waals surface area contributed by atoms with Crippen molar-refractivity contribution in [1.29, 1.82) is 0 Å². The molecule has 0 radical (unpaired) electrons. The molecule has 0 bridgehead atoms. The summed E-state index contributed by atoms with van der Waals surface area (Å²) in [6, 6.07) is 2.45. The molecule has 0 N–H and O–H groups in total. The van der Waals surface area contributed by atoms with Crippen LogP contribution in [0.15, 0.2) is 33.7 Å². The van der Waals surface area contributed by atoms with Gasteiger partial charge in [0.05, 0.1) is 12.2 Å². The maximum absolute atomic E-state index is 13.6. The minimum atomic E-state index is -4.89. The molecule has 0 aliphatic rings. The summed E-state index contributed by atoms with van der Waals surface area (Å²) >= 11 is 0. The van der Waals surface area contributed by atoms with Gasteiger partial charge in [0.15, 0.2) is 0 Å². The first-order chi connectivity index (χ1) is 10.9. The monoisotopic (exact) mass is 326 g/mol. The van der Waals surface area contributed by atoms with Crippen LogP contribution >= 0.6 is 0 Å². The molecule has 0 fully saturated rings. The topological polar surface area (TPSA) is 159 Å². The predicted molar refractivity (Wildman–Crippen MR) is 72.8 cm³/mol. The Morgan fingerprint density at radius 3 is 2.04 bits per heavy atom. The first kappa shape index (κ1) is 17.9. The third-order valence-electron chi connectivity index (χ3n) is 2.98. The summed E-state index contributed by atoms with van der Waals surface area (Å²) in [4.78, 5) is 10.9. The Kier molecular flexibility index (Phi) is 6.04. The van der Waals surface area contributed by atoms with Crippen LogP contribution in [0.25, 0.3) is 31.3 Å². The molecule has 0 saturated carbocycles. The number of hydrogen-bond acceptors (Lipinski definition) is 4. The smallest absolute Gasteiger partial charge is 0.260 e. The molecule has 0 spiro atoms. The Morgan fingerprint density at radius 2 is 1.57 bits per heavy atom. The van der Waals surface area contributed by atoms with Crippen LogP contribution in [0.4, 0.5) is 13.2 Å². The van der Waals surface area contributed by atoms with E-state index in [0.717, 1.165) is 12.3 Å². The van der Waals surface area contributed by atoms with Gasteiger partial charge in [-0.3, -0.25) is 4.98 Å². The maximum Gasteiger partial charge on any atom is 0.400 e. The van der Waals surface area contributed by atoms with E-state index >= 15 is 0 Å². The lowest BCUT2D eigenvalue weighted by Crippen LogP contribution is -2.48. The van der Waals surface area contributed by atoms with Crippen molar-refractivity contribution < 1.29 is 13.2 Å². The van der Waals surface area contributed by atoms with Crippen LogP contribution in [-0.2, 0) is 12.0 Å². The fraction of sp³-hybridized carbons (Fsp3) is 0.500. The van der Waals surface area contributed by atoms with E-state index in [2.05, 4.69) is 35.1 Å².